The molecule has 1 unspecified atom stereocenters. The summed E-state index contributed by atoms with van der Waals surface area (Å²) >= 11 is 0. The van der Waals surface area contributed by atoms with E-state index in [1.54, 1.807) is 0 Å². The second-order valence-electron chi connectivity index (χ2n) is 12.2. The van der Waals surface area contributed by atoms with Gasteiger partial charge in [0.25, 0.3) is 0 Å². The van der Waals surface area contributed by atoms with E-state index in [1.165, 1.54) is 12.1 Å². The highest BCUT2D eigenvalue weighted by Gasteiger charge is 2.33. The van der Waals surface area contributed by atoms with Crippen LogP contribution in [0.5, 0.6) is 0 Å². The van der Waals surface area contributed by atoms with E-state index in [9.17, 15) is 30.8 Å². The number of carbonyl (C=O) groups is 1. The van der Waals surface area contributed by atoms with E-state index in [0.717, 1.165) is 73.0 Å². The van der Waals surface area contributed by atoms with E-state index >= 15 is 0 Å². The maximum atomic E-state index is 13.6. The third-order valence-electron chi connectivity index (χ3n) is 7.27. The molecular formula is C32H37F4N3O3S. The van der Waals surface area contributed by atoms with Crippen molar-refractivity contribution in [1.82, 2.24) is 15.4 Å². The number of fused-ring (bicyclic) bond motifs is 1. The number of aryl methyl sites for hydroxylation is 1. The van der Waals surface area contributed by atoms with E-state index < -0.39 is 44.4 Å². The lowest BCUT2D eigenvalue weighted by Crippen LogP contribution is -2.36. The number of benzene rings is 3. The van der Waals surface area contributed by atoms with Crippen LogP contribution in [0.25, 0.3) is 0 Å². The van der Waals surface area contributed by atoms with E-state index in [4.69, 9.17) is 0 Å². The van der Waals surface area contributed by atoms with E-state index in [1.807, 2.05) is 12.1 Å². The second kappa shape index (κ2) is 13.2. The number of hydrogen-bond donors (Lipinski definition) is 3. The molecule has 0 aliphatic heterocycles. The number of carbonyl (C=O) groups excluding carboxylic acids is 1. The van der Waals surface area contributed by atoms with Crippen molar-refractivity contribution in [2.24, 2.45) is 5.41 Å². The minimum Gasteiger partial charge on any atom is -0.349 e. The predicted molar refractivity (Wildman–Crippen MR) is 157 cm³/mol. The first-order chi connectivity index (χ1) is 20.1. The zero-order valence-corrected chi connectivity index (χ0v) is 25.2. The summed E-state index contributed by atoms with van der Waals surface area (Å²) in [5, 5.41) is 6.48. The van der Waals surface area contributed by atoms with Crippen molar-refractivity contribution in [2.75, 3.05) is 6.54 Å². The quantitative estimate of drug-likeness (QED) is 0.224. The zero-order chi connectivity index (χ0) is 31.4. The van der Waals surface area contributed by atoms with Gasteiger partial charge >= 0.3 is 6.18 Å². The van der Waals surface area contributed by atoms with Crippen LogP contribution < -0.4 is 15.4 Å². The molecule has 0 saturated carbocycles. The fourth-order valence-electron chi connectivity index (χ4n) is 5.17. The molecule has 0 spiro atoms. The average molecular weight is 620 g/mol. The van der Waals surface area contributed by atoms with Gasteiger partial charge in [-0.2, -0.15) is 13.2 Å². The SMILES string of the molecule is CC(C)(C)CNCc1ccc2c(c1)CCC[C@H]2NC(=O)CC(NS(=O)(=O)c1cccc(C(F)(F)F)c1)c1ccc(F)cc1. The molecule has 2 atom stereocenters. The summed E-state index contributed by atoms with van der Waals surface area (Å²) < 4.78 is 82.0. The van der Waals surface area contributed by atoms with Gasteiger partial charge in [0.05, 0.1) is 22.5 Å². The van der Waals surface area contributed by atoms with E-state index in [2.05, 4.69) is 42.2 Å². The number of rotatable bonds is 10. The van der Waals surface area contributed by atoms with Crippen LogP contribution in [0.15, 0.2) is 71.6 Å². The second-order valence-corrected chi connectivity index (χ2v) is 13.9. The van der Waals surface area contributed by atoms with E-state index in [-0.39, 0.29) is 17.9 Å². The predicted octanol–water partition coefficient (Wildman–Crippen LogP) is 6.58. The molecule has 43 heavy (non-hydrogen) atoms. The van der Waals surface area contributed by atoms with Crippen LogP contribution in [0.4, 0.5) is 17.6 Å². The molecule has 1 aliphatic carbocycles. The van der Waals surface area contributed by atoms with Crippen LogP contribution in [0.2, 0.25) is 0 Å². The third kappa shape index (κ3) is 9.11. The first-order valence-electron chi connectivity index (χ1n) is 14.2. The van der Waals surface area contributed by atoms with Gasteiger partial charge in [0.1, 0.15) is 5.82 Å². The Labute approximate surface area is 250 Å². The molecular weight excluding hydrogens is 582 g/mol. The van der Waals surface area contributed by atoms with Crippen molar-refractivity contribution in [3.8, 4) is 0 Å². The van der Waals surface area contributed by atoms with Crippen molar-refractivity contribution < 1.29 is 30.8 Å². The molecule has 1 amide bonds. The topological polar surface area (TPSA) is 87.3 Å². The highest BCUT2D eigenvalue weighted by molar-refractivity contribution is 7.89. The van der Waals surface area contributed by atoms with Crippen LogP contribution in [0.3, 0.4) is 0 Å². The monoisotopic (exact) mass is 619 g/mol. The van der Waals surface area contributed by atoms with Crippen molar-refractivity contribution >= 4 is 15.9 Å². The lowest BCUT2D eigenvalue weighted by molar-refractivity contribution is -0.137. The fraction of sp³-hybridized carbons (Fsp3) is 0.406. The minimum atomic E-state index is -4.73. The normalized spacial score (nSPS) is 16.4. The van der Waals surface area contributed by atoms with Crippen LogP contribution >= 0.6 is 0 Å². The number of nitrogens with one attached hydrogen (secondary N) is 3. The number of amides is 1. The molecule has 0 bridgehead atoms. The highest BCUT2D eigenvalue weighted by Crippen LogP contribution is 2.33. The maximum absolute atomic E-state index is 13.6. The Hall–Kier alpha value is -3.28. The van der Waals surface area contributed by atoms with E-state index in [0.29, 0.717) is 18.1 Å². The van der Waals surface area contributed by atoms with Gasteiger partial charge in [-0.15, -0.1) is 0 Å². The molecule has 232 valence electrons. The zero-order valence-electron chi connectivity index (χ0n) is 24.4. The van der Waals surface area contributed by atoms with Crippen molar-refractivity contribution in [3.05, 3.63) is 100 Å². The molecule has 0 saturated heterocycles. The molecule has 0 heterocycles. The lowest BCUT2D eigenvalue weighted by atomic mass is 9.86. The largest absolute Gasteiger partial charge is 0.416 e. The molecule has 3 aromatic rings. The first kappa shape index (κ1) is 32.6. The van der Waals surface area contributed by atoms with Crippen LogP contribution in [-0.4, -0.2) is 20.9 Å². The van der Waals surface area contributed by atoms with Crippen LogP contribution in [-0.2, 0) is 34.0 Å². The van der Waals surface area contributed by atoms with Gasteiger partial charge in [0, 0.05) is 19.5 Å². The molecule has 0 fully saturated rings. The lowest BCUT2D eigenvalue weighted by Gasteiger charge is -2.28. The molecule has 0 radical (unpaired) electrons. The summed E-state index contributed by atoms with van der Waals surface area (Å²) in [6.45, 7) is 8.09. The van der Waals surface area contributed by atoms with Crippen molar-refractivity contribution in [3.63, 3.8) is 0 Å². The Balaban J connectivity index is 1.50. The summed E-state index contributed by atoms with van der Waals surface area (Å²) in [6.07, 6.45) is -2.63. The number of halogens is 4. The number of alkyl halides is 3. The Morgan fingerprint density at radius 1 is 1.00 bits per heavy atom. The molecule has 0 aromatic heterocycles. The standard InChI is InChI=1S/C32H37F4N3O3S/c1-31(2,3)20-37-19-21-10-15-27-23(16-21)6-4-9-28(27)38-30(40)18-29(22-11-13-25(33)14-12-22)39-43(41,42)26-8-5-7-24(17-26)32(34,35)36/h5,7-8,10-17,28-29,37,39H,4,6,9,18-20H2,1-3H3,(H,38,40)/t28-,29?/m1/s1. The van der Waals surface area contributed by atoms with Gasteiger partial charge in [0.2, 0.25) is 15.9 Å². The van der Waals surface area contributed by atoms with Gasteiger partial charge in [-0.3, -0.25) is 4.79 Å². The number of hydrogen-bond acceptors (Lipinski definition) is 4. The van der Waals surface area contributed by atoms with Crippen molar-refractivity contribution in [1.29, 1.82) is 0 Å². The third-order valence-corrected chi connectivity index (χ3v) is 8.74. The maximum Gasteiger partial charge on any atom is 0.416 e. The fourth-order valence-corrected chi connectivity index (χ4v) is 6.44. The van der Waals surface area contributed by atoms with Crippen LogP contribution in [0, 0.1) is 11.2 Å². The summed E-state index contributed by atoms with van der Waals surface area (Å²) in [6, 6.07) is 13.1. The summed E-state index contributed by atoms with van der Waals surface area (Å²) in [5.41, 5.74) is 2.64. The molecule has 3 N–H and O–H groups in total. The summed E-state index contributed by atoms with van der Waals surface area (Å²) in [5.74, 6) is -1.01. The smallest absolute Gasteiger partial charge is 0.349 e. The van der Waals surface area contributed by atoms with Gasteiger partial charge in [-0.05, 0) is 77.3 Å². The Bertz CT molecular complexity index is 1530. The van der Waals surface area contributed by atoms with Crippen LogP contribution in [0.1, 0.15) is 79.9 Å². The van der Waals surface area contributed by atoms with Crippen molar-refractivity contribution in [2.45, 2.75) is 76.2 Å². The highest BCUT2D eigenvalue weighted by atomic mass is 32.2. The van der Waals surface area contributed by atoms with Gasteiger partial charge in [-0.25, -0.2) is 17.5 Å². The summed E-state index contributed by atoms with van der Waals surface area (Å²) in [4.78, 5) is 12.7. The molecule has 4 rings (SSSR count). The molecule has 1 aliphatic rings. The Kier molecular flexibility index (Phi) is 9.98. The molecule has 3 aromatic carbocycles. The average Bonchev–Trinajstić information content (AvgIpc) is 2.92. The van der Waals surface area contributed by atoms with Gasteiger partial charge in [-0.1, -0.05) is 57.2 Å². The minimum absolute atomic E-state index is 0.163. The first-order valence-corrected chi connectivity index (χ1v) is 15.7. The molecule has 6 nitrogen and oxygen atoms in total. The molecule has 11 heteroatoms. The number of sulfonamides is 1. The summed E-state index contributed by atoms with van der Waals surface area (Å²) in [7, 11) is -4.48. The van der Waals surface area contributed by atoms with Gasteiger partial charge < -0.3 is 10.6 Å². The Morgan fingerprint density at radius 3 is 2.40 bits per heavy atom. The Morgan fingerprint density at radius 2 is 1.72 bits per heavy atom. The van der Waals surface area contributed by atoms with Gasteiger partial charge in [0.15, 0.2) is 0 Å².